The molecule has 2 nitrogen and oxygen atoms in total. The Morgan fingerprint density at radius 2 is 2.26 bits per heavy atom. The quantitative estimate of drug-likeness (QED) is 0.621. The zero-order chi connectivity index (χ0) is 13.5. The molecule has 2 rings (SSSR count). The number of anilines is 1. The van der Waals surface area contributed by atoms with Gasteiger partial charge in [0.15, 0.2) is 0 Å². The molecule has 0 heterocycles. The number of nitrogens with two attached hydrogens (primary N) is 1. The largest absolute Gasteiger partial charge is 0.493 e. The van der Waals surface area contributed by atoms with E-state index >= 15 is 0 Å². The van der Waals surface area contributed by atoms with Crippen molar-refractivity contribution >= 4 is 17.4 Å². The van der Waals surface area contributed by atoms with Crippen molar-refractivity contribution in [3.63, 3.8) is 0 Å². The molecule has 0 aliphatic heterocycles. The first-order valence-corrected chi connectivity index (χ1v) is 8.39. The summed E-state index contributed by atoms with van der Waals surface area (Å²) in [6, 6.07) is 7.66. The van der Waals surface area contributed by atoms with Crippen molar-refractivity contribution in [1.82, 2.24) is 0 Å². The molecule has 1 fully saturated rings. The summed E-state index contributed by atoms with van der Waals surface area (Å²) in [7, 11) is 0. The maximum absolute atomic E-state index is 5.72. The first-order valence-electron chi connectivity index (χ1n) is 7.34. The highest BCUT2D eigenvalue weighted by Crippen LogP contribution is 2.32. The van der Waals surface area contributed by atoms with Crippen LogP contribution in [0.4, 0.5) is 5.69 Å². The Morgan fingerprint density at radius 3 is 3.05 bits per heavy atom. The molecule has 2 unspecified atom stereocenters. The van der Waals surface area contributed by atoms with E-state index in [-0.39, 0.29) is 0 Å². The van der Waals surface area contributed by atoms with E-state index in [0.717, 1.165) is 35.6 Å². The van der Waals surface area contributed by atoms with Crippen LogP contribution in [-0.4, -0.2) is 17.6 Å². The molecule has 1 aromatic rings. The third-order valence-electron chi connectivity index (χ3n) is 3.66. The highest BCUT2D eigenvalue weighted by atomic mass is 32.2. The van der Waals surface area contributed by atoms with E-state index in [0.29, 0.717) is 0 Å². The average molecular weight is 279 g/mol. The third-order valence-corrected chi connectivity index (χ3v) is 5.08. The van der Waals surface area contributed by atoms with Gasteiger partial charge in [0.05, 0.1) is 6.61 Å². The predicted molar refractivity (Wildman–Crippen MR) is 84.8 cm³/mol. The fourth-order valence-electron chi connectivity index (χ4n) is 2.63. The minimum absolute atomic E-state index is 0.767. The monoisotopic (exact) mass is 279 g/mol. The van der Waals surface area contributed by atoms with Crippen LogP contribution in [0.1, 0.15) is 39.0 Å². The lowest BCUT2D eigenvalue weighted by molar-refractivity contribution is 0.318. The van der Waals surface area contributed by atoms with E-state index in [4.69, 9.17) is 10.5 Å². The molecule has 3 heteroatoms. The number of benzene rings is 1. The molecule has 0 bridgehead atoms. The summed E-state index contributed by atoms with van der Waals surface area (Å²) in [5.41, 5.74) is 6.48. The second-order valence-corrected chi connectivity index (χ2v) is 6.95. The van der Waals surface area contributed by atoms with Gasteiger partial charge in [0.25, 0.3) is 0 Å². The summed E-state index contributed by atoms with van der Waals surface area (Å²) in [5.74, 6) is 3.02. The molecule has 1 aromatic carbocycles. The molecule has 2 N–H and O–H groups in total. The Labute approximate surface area is 121 Å². The first-order chi connectivity index (χ1) is 9.24. The minimum Gasteiger partial charge on any atom is -0.493 e. The molecule has 0 spiro atoms. The van der Waals surface area contributed by atoms with E-state index in [1.807, 2.05) is 24.3 Å². The van der Waals surface area contributed by atoms with Gasteiger partial charge in [0.2, 0.25) is 0 Å². The summed E-state index contributed by atoms with van der Waals surface area (Å²) in [6.45, 7) is 3.17. The Hall–Kier alpha value is -0.830. The zero-order valence-corrected chi connectivity index (χ0v) is 12.6. The van der Waals surface area contributed by atoms with Crippen LogP contribution >= 0.6 is 11.8 Å². The van der Waals surface area contributed by atoms with Gasteiger partial charge in [-0.25, -0.2) is 0 Å². The van der Waals surface area contributed by atoms with Gasteiger partial charge in [-0.15, -0.1) is 0 Å². The number of thioether (sulfide) groups is 1. The summed E-state index contributed by atoms with van der Waals surface area (Å²) in [5, 5.41) is 0.885. The highest BCUT2D eigenvalue weighted by Gasteiger charge is 2.18. The van der Waals surface area contributed by atoms with Crippen LogP contribution in [0.5, 0.6) is 5.75 Å². The fourth-order valence-corrected chi connectivity index (χ4v) is 4.05. The van der Waals surface area contributed by atoms with Crippen LogP contribution in [0.25, 0.3) is 0 Å². The van der Waals surface area contributed by atoms with Crippen LogP contribution in [-0.2, 0) is 0 Å². The number of rotatable bonds is 6. The molecule has 2 atom stereocenters. The van der Waals surface area contributed by atoms with Crippen molar-refractivity contribution in [3.05, 3.63) is 24.3 Å². The van der Waals surface area contributed by atoms with E-state index in [1.54, 1.807) is 0 Å². The molecule has 106 valence electrons. The molecular formula is C16H25NOS. The summed E-state index contributed by atoms with van der Waals surface area (Å²) in [4.78, 5) is 0. The van der Waals surface area contributed by atoms with Gasteiger partial charge in [0.1, 0.15) is 5.75 Å². The van der Waals surface area contributed by atoms with E-state index in [9.17, 15) is 0 Å². The SMILES string of the molecule is CC1CCCC(SCCCOc2cccc(N)c2)C1. The van der Waals surface area contributed by atoms with Crippen LogP contribution < -0.4 is 10.5 Å². The van der Waals surface area contributed by atoms with Gasteiger partial charge < -0.3 is 10.5 Å². The van der Waals surface area contributed by atoms with Crippen molar-refractivity contribution in [2.24, 2.45) is 5.92 Å². The topological polar surface area (TPSA) is 35.2 Å². The summed E-state index contributed by atoms with van der Waals surface area (Å²) >= 11 is 2.13. The van der Waals surface area contributed by atoms with Gasteiger partial charge in [0, 0.05) is 17.0 Å². The van der Waals surface area contributed by atoms with Crippen molar-refractivity contribution < 1.29 is 4.74 Å². The Morgan fingerprint density at radius 1 is 1.37 bits per heavy atom. The molecule has 0 radical (unpaired) electrons. The van der Waals surface area contributed by atoms with Crippen LogP contribution in [0.15, 0.2) is 24.3 Å². The maximum Gasteiger partial charge on any atom is 0.121 e. The molecule has 0 amide bonds. The Kier molecular flexibility index (Phi) is 5.90. The Balaban J connectivity index is 1.57. The lowest BCUT2D eigenvalue weighted by Crippen LogP contribution is -2.15. The van der Waals surface area contributed by atoms with Gasteiger partial charge >= 0.3 is 0 Å². The highest BCUT2D eigenvalue weighted by molar-refractivity contribution is 7.99. The minimum atomic E-state index is 0.767. The van der Waals surface area contributed by atoms with Crippen LogP contribution in [0.3, 0.4) is 0 Å². The van der Waals surface area contributed by atoms with Crippen LogP contribution in [0, 0.1) is 5.92 Å². The fraction of sp³-hybridized carbons (Fsp3) is 0.625. The normalized spacial score (nSPS) is 23.2. The summed E-state index contributed by atoms with van der Waals surface area (Å²) < 4.78 is 5.70. The van der Waals surface area contributed by atoms with Gasteiger partial charge in [-0.3, -0.25) is 0 Å². The Bertz CT molecular complexity index is 383. The predicted octanol–water partition coefficient (Wildman–Crippen LogP) is 4.35. The second-order valence-electron chi connectivity index (χ2n) is 5.54. The van der Waals surface area contributed by atoms with Gasteiger partial charge in [-0.2, -0.15) is 11.8 Å². The van der Waals surface area contributed by atoms with Crippen molar-refractivity contribution in [2.45, 2.75) is 44.3 Å². The van der Waals surface area contributed by atoms with Crippen LogP contribution in [0.2, 0.25) is 0 Å². The standard InChI is InChI=1S/C16H25NOS/c1-13-5-2-8-16(11-13)19-10-4-9-18-15-7-3-6-14(17)12-15/h3,6-7,12-13,16H,2,4-5,8-11,17H2,1H3. The zero-order valence-electron chi connectivity index (χ0n) is 11.8. The molecule has 19 heavy (non-hydrogen) atoms. The lowest BCUT2D eigenvalue weighted by Gasteiger charge is -2.26. The number of ether oxygens (including phenoxy) is 1. The molecule has 1 aliphatic rings. The van der Waals surface area contributed by atoms with Crippen molar-refractivity contribution in [1.29, 1.82) is 0 Å². The van der Waals surface area contributed by atoms with E-state index in [1.165, 1.54) is 31.4 Å². The second kappa shape index (κ2) is 7.68. The lowest BCUT2D eigenvalue weighted by atomic mass is 9.91. The maximum atomic E-state index is 5.72. The third kappa shape index (κ3) is 5.35. The number of hydrogen-bond acceptors (Lipinski definition) is 3. The smallest absolute Gasteiger partial charge is 0.121 e. The molecule has 0 aromatic heterocycles. The van der Waals surface area contributed by atoms with E-state index < -0.39 is 0 Å². The van der Waals surface area contributed by atoms with Crippen molar-refractivity contribution in [2.75, 3.05) is 18.1 Å². The summed E-state index contributed by atoms with van der Waals surface area (Å²) in [6.07, 6.45) is 6.77. The molecule has 1 saturated carbocycles. The first kappa shape index (κ1) is 14.6. The van der Waals surface area contributed by atoms with Crippen molar-refractivity contribution in [3.8, 4) is 5.75 Å². The number of hydrogen-bond donors (Lipinski definition) is 1. The average Bonchev–Trinajstić information content (AvgIpc) is 2.38. The van der Waals surface area contributed by atoms with E-state index in [2.05, 4.69) is 18.7 Å². The molecule has 1 aliphatic carbocycles. The molecule has 0 saturated heterocycles. The van der Waals surface area contributed by atoms with Gasteiger partial charge in [-0.1, -0.05) is 25.8 Å². The van der Waals surface area contributed by atoms with Gasteiger partial charge in [-0.05, 0) is 43.1 Å². The number of nitrogen functional groups attached to an aromatic ring is 1. The molecular weight excluding hydrogens is 254 g/mol.